The molecule has 4 heteroatoms. The van der Waals surface area contributed by atoms with E-state index < -0.39 is 0 Å². The quantitative estimate of drug-likeness (QED) is 0.848. The van der Waals surface area contributed by atoms with Crippen LogP contribution in [0.2, 0.25) is 0 Å². The van der Waals surface area contributed by atoms with Gasteiger partial charge in [0.25, 0.3) is 0 Å². The van der Waals surface area contributed by atoms with Crippen molar-refractivity contribution in [1.29, 1.82) is 0 Å². The molecule has 2 aromatic rings. The Hall–Kier alpha value is -1.81. The predicted molar refractivity (Wildman–Crippen MR) is 82.0 cm³/mol. The SMILES string of the molecule is c1coc(CN(c2cc(CNC3CC3)ccn2)C2CC2)c1. The average molecular weight is 283 g/mol. The van der Waals surface area contributed by atoms with E-state index in [0.717, 1.165) is 30.7 Å². The fraction of sp³-hybridized carbons (Fsp3) is 0.471. The van der Waals surface area contributed by atoms with Crippen molar-refractivity contribution in [2.24, 2.45) is 0 Å². The third kappa shape index (κ3) is 3.27. The van der Waals surface area contributed by atoms with Gasteiger partial charge >= 0.3 is 0 Å². The highest BCUT2D eigenvalue weighted by Gasteiger charge is 2.30. The smallest absolute Gasteiger partial charge is 0.129 e. The van der Waals surface area contributed by atoms with Crippen molar-refractivity contribution in [3.63, 3.8) is 0 Å². The predicted octanol–water partition coefficient (Wildman–Crippen LogP) is 3.10. The Balaban J connectivity index is 1.49. The zero-order valence-corrected chi connectivity index (χ0v) is 12.2. The second-order valence-electron chi connectivity index (χ2n) is 6.12. The highest BCUT2D eigenvalue weighted by Crippen LogP contribution is 2.32. The average Bonchev–Trinajstić information content (AvgIpc) is 3.44. The highest BCUT2D eigenvalue weighted by molar-refractivity contribution is 5.44. The molecule has 2 aromatic heterocycles. The summed E-state index contributed by atoms with van der Waals surface area (Å²) in [6, 6.07) is 9.67. The lowest BCUT2D eigenvalue weighted by Gasteiger charge is -2.23. The van der Waals surface area contributed by atoms with Gasteiger partial charge in [-0.15, -0.1) is 0 Å². The second-order valence-corrected chi connectivity index (χ2v) is 6.12. The Morgan fingerprint density at radius 1 is 1.24 bits per heavy atom. The molecule has 2 aliphatic carbocycles. The molecule has 21 heavy (non-hydrogen) atoms. The maximum absolute atomic E-state index is 5.50. The van der Waals surface area contributed by atoms with Crippen LogP contribution in [0.15, 0.2) is 41.1 Å². The van der Waals surface area contributed by atoms with Crippen molar-refractivity contribution in [3.05, 3.63) is 48.0 Å². The maximum Gasteiger partial charge on any atom is 0.129 e. The number of nitrogens with zero attached hydrogens (tertiary/aromatic N) is 2. The van der Waals surface area contributed by atoms with Crippen LogP contribution in [0, 0.1) is 0 Å². The number of nitrogens with one attached hydrogen (secondary N) is 1. The lowest BCUT2D eigenvalue weighted by atomic mass is 10.2. The molecule has 0 unspecified atom stereocenters. The van der Waals surface area contributed by atoms with Crippen molar-refractivity contribution in [1.82, 2.24) is 10.3 Å². The molecule has 0 bridgehead atoms. The number of hydrogen-bond donors (Lipinski definition) is 1. The van der Waals surface area contributed by atoms with Crippen molar-refractivity contribution in [2.45, 2.75) is 50.9 Å². The van der Waals surface area contributed by atoms with Gasteiger partial charge in [-0.25, -0.2) is 4.98 Å². The molecule has 0 amide bonds. The number of anilines is 1. The molecule has 110 valence electrons. The van der Waals surface area contributed by atoms with Crippen LogP contribution in [0.4, 0.5) is 5.82 Å². The summed E-state index contributed by atoms with van der Waals surface area (Å²) in [6.07, 6.45) is 8.83. The van der Waals surface area contributed by atoms with Crippen LogP contribution < -0.4 is 10.2 Å². The summed E-state index contributed by atoms with van der Waals surface area (Å²) in [5.41, 5.74) is 1.32. The number of aromatic nitrogens is 1. The van der Waals surface area contributed by atoms with Gasteiger partial charge in [0.2, 0.25) is 0 Å². The lowest BCUT2D eigenvalue weighted by molar-refractivity contribution is 0.500. The summed E-state index contributed by atoms with van der Waals surface area (Å²) < 4.78 is 5.50. The molecule has 2 heterocycles. The van der Waals surface area contributed by atoms with Crippen LogP contribution in [-0.4, -0.2) is 17.1 Å². The van der Waals surface area contributed by atoms with E-state index in [4.69, 9.17) is 4.42 Å². The fourth-order valence-corrected chi connectivity index (χ4v) is 2.63. The van der Waals surface area contributed by atoms with Crippen molar-refractivity contribution < 1.29 is 4.42 Å². The molecule has 4 nitrogen and oxygen atoms in total. The molecule has 2 saturated carbocycles. The van der Waals surface area contributed by atoms with Gasteiger partial charge in [0.15, 0.2) is 0 Å². The Bertz CT molecular complexity index is 588. The molecule has 0 radical (unpaired) electrons. The molecule has 0 aliphatic heterocycles. The van der Waals surface area contributed by atoms with E-state index in [2.05, 4.69) is 27.3 Å². The lowest BCUT2D eigenvalue weighted by Crippen LogP contribution is -2.26. The zero-order chi connectivity index (χ0) is 14.1. The van der Waals surface area contributed by atoms with E-state index in [-0.39, 0.29) is 0 Å². The van der Waals surface area contributed by atoms with E-state index in [1.807, 2.05) is 18.3 Å². The van der Waals surface area contributed by atoms with Gasteiger partial charge in [-0.2, -0.15) is 0 Å². The summed E-state index contributed by atoms with van der Waals surface area (Å²) in [5, 5.41) is 3.56. The number of furan rings is 1. The first-order chi connectivity index (χ1) is 10.4. The third-order valence-corrected chi connectivity index (χ3v) is 4.17. The molecule has 2 aliphatic rings. The van der Waals surface area contributed by atoms with E-state index in [0.29, 0.717) is 6.04 Å². The minimum absolute atomic E-state index is 0.620. The summed E-state index contributed by atoms with van der Waals surface area (Å²) in [4.78, 5) is 6.96. The van der Waals surface area contributed by atoms with Gasteiger partial charge in [0, 0.05) is 24.8 Å². The molecule has 0 aromatic carbocycles. The maximum atomic E-state index is 5.50. The molecule has 0 saturated heterocycles. The van der Waals surface area contributed by atoms with Crippen molar-refractivity contribution in [3.8, 4) is 0 Å². The Labute approximate surface area is 125 Å². The molecular weight excluding hydrogens is 262 g/mol. The van der Waals surface area contributed by atoms with Gasteiger partial charge < -0.3 is 14.6 Å². The first-order valence-electron chi connectivity index (χ1n) is 7.86. The van der Waals surface area contributed by atoms with Crippen LogP contribution in [0.3, 0.4) is 0 Å². The van der Waals surface area contributed by atoms with Crippen molar-refractivity contribution in [2.75, 3.05) is 4.90 Å². The van der Waals surface area contributed by atoms with Crippen LogP contribution in [0.5, 0.6) is 0 Å². The summed E-state index contributed by atoms with van der Waals surface area (Å²) in [6.45, 7) is 1.75. The van der Waals surface area contributed by atoms with E-state index in [1.165, 1.54) is 31.2 Å². The first-order valence-corrected chi connectivity index (χ1v) is 7.86. The Morgan fingerprint density at radius 3 is 2.86 bits per heavy atom. The molecular formula is C17H21N3O. The number of rotatable bonds is 7. The molecule has 0 atom stereocenters. The summed E-state index contributed by atoms with van der Waals surface area (Å²) in [7, 11) is 0. The fourth-order valence-electron chi connectivity index (χ4n) is 2.63. The molecule has 2 fully saturated rings. The van der Waals surface area contributed by atoms with Crippen LogP contribution in [-0.2, 0) is 13.1 Å². The van der Waals surface area contributed by atoms with Crippen LogP contribution in [0.25, 0.3) is 0 Å². The van der Waals surface area contributed by atoms with E-state index in [1.54, 1.807) is 6.26 Å². The van der Waals surface area contributed by atoms with Gasteiger partial charge in [-0.3, -0.25) is 0 Å². The topological polar surface area (TPSA) is 41.3 Å². The monoisotopic (exact) mass is 283 g/mol. The van der Waals surface area contributed by atoms with Gasteiger partial charge in [-0.05, 0) is 55.5 Å². The number of pyridine rings is 1. The molecule has 1 N–H and O–H groups in total. The largest absolute Gasteiger partial charge is 0.467 e. The second kappa shape index (κ2) is 5.53. The van der Waals surface area contributed by atoms with Crippen LogP contribution >= 0.6 is 0 Å². The molecule has 0 spiro atoms. The summed E-state index contributed by atoms with van der Waals surface area (Å²) in [5.74, 6) is 2.08. The Morgan fingerprint density at radius 2 is 2.14 bits per heavy atom. The standard InChI is InChI=1S/C17H21N3O/c1-2-16(21-9-1)12-20(15-5-6-15)17-10-13(7-8-18-17)11-19-14-3-4-14/h1-2,7-10,14-15,19H,3-6,11-12H2. The Kier molecular flexibility index (Phi) is 3.39. The van der Waals surface area contributed by atoms with E-state index in [9.17, 15) is 0 Å². The van der Waals surface area contributed by atoms with Gasteiger partial charge in [0.05, 0.1) is 12.8 Å². The molecule has 4 rings (SSSR count). The van der Waals surface area contributed by atoms with Gasteiger partial charge in [0.1, 0.15) is 11.6 Å². The van der Waals surface area contributed by atoms with Crippen molar-refractivity contribution >= 4 is 5.82 Å². The highest BCUT2D eigenvalue weighted by atomic mass is 16.3. The third-order valence-electron chi connectivity index (χ3n) is 4.17. The summed E-state index contributed by atoms with van der Waals surface area (Å²) >= 11 is 0. The first kappa shape index (κ1) is 12.9. The minimum atomic E-state index is 0.620. The van der Waals surface area contributed by atoms with E-state index >= 15 is 0 Å². The normalized spacial score (nSPS) is 17.9. The van der Waals surface area contributed by atoms with Gasteiger partial charge in [-0.1, -0.05) is 0 Å². The van der Waals surface area contributed by atoms with Crippen LogP contribution in [0.1, 0.15) is 37.0 Å². The minimum Gasteiger partial charge on any atom is -0.467 e. The zero-order valence-electron chi connectivity index (χ0n) is 12.2. The number of hydrogen-bond acceptors (Lipinski definition) is 4.